The number of para-hydroxylation sites is 1. The second-order valence-corrected chi connectivity index (χ2v) is 12.1. The number of nitrogens with one attached hydrogen (secondary N) is 1. The SMILES string of the molecule is CS(=O)(=O)O.Cc1cc(C)n(-c2ccccc2)c(=O)c1C(=O)Cc1ccc(Oc2cc3cnn(C)c3cc2-c2cn[nH]c2)c(F)c1. The van der Waals surface area contributed by atoms with E-state index in [0.717, 1.165) is 27.7 Å². The Bertz CT molecular complexity index is 2220. The Hall–Kier alpha value is -5.40. The number of halogens is 1. The number of carbonyl (C=O) groups is 1. The van der Waals surface area contributed by atoms with Crippen molar-refractivity contribution < 1.29 is 26.9 Å². The molecule has 0 saturated carbocycles. The van der Waals surface area contributed by atoms with Gasteiger partial charge in [0.15, 0.2) is 17.3 Å². The largest absolute Gasteiger partial charge is 0.454 e. The van der Waals surface area contributed by atoms with E-state index in [4.69, 9.17) is 9.29 Å². The summed E-state index contributed by atoms with van der Waals surface area (Å²) >= 11 is 0. The number of ketones is 1. The van der Waals surface area contributed by atoms with Gasteiger partial charge >= 0.3 is 0 Å². The molecule has 0 radical (unpaired) electrons. The molecule has 0 amide bonds. The van der Waals surface area contributed by atoms with Gasteiger partial charge in [-0.2, -0.15) is 18.6 Å². The third-order valence-corrected chi connectivity index (χ3v) is 7.12. The van der Waals surface area contributed by atoms with Gasteiger partial charge in [0.25, 0.3) is 15.7 Å². The Balaban J connectivity index is 0.000000775. The highest BCUT2D eigenvalue weighted by atomic mass is 32.2. The minimum absolute atomic E-state index is 0.00661. The molecule has 0 bridgehead atoms. The number of aryl methyl sites for hydroxylation is 3. The monoisotopic (exact) mass is 643 g/mol. The molecule has 3 aromatic heterocycles. The molecule has 2 N–H and O–H groups in total. The highest BCUT2D eigenvalue weighted by Gasteiger charge is 2.20. The molecular weight excluding hydrogens is 613 g/mol. The molecule has 6 aromatic rings. The van der Waals surface area contributed by atoms with Gasteiger partial charge in [-0.15, -0.1) is 0 Å². The van der Waals surface area contributed by atoms with E-state index >= 15 is 4.39 Å². The molecule has 236 valence electrons. The van der Waals surface area contributed by atoms with E-state index in [2.05, 4.69) is 15.3 Å². The number of aromatic nitrogens is 5. The van der Waals surface area contributed by atoms with Gasteiger partial charge in [-0.05, 0) is 67.4 Å². The van der Waals surface area contributed by atoms with Crippen molar-refractivity contribution in [3.05, 3.63) is 124 Å². The molecule has 0 aliphatic carbocycles. The fraction of sp³-hybridized carbons (Fsp3) is 0.152. The summed E-state index contributed by atoms with van der Waals surface area (Å²) in [7, 11) is -1.82. The lowest BCUT2D eigenvalue weighted by Crippen LogP contribution is -2.29. The number of Topliss-reactive ketones (excluding diaryl/α,β-unsaturated/α-hetero) is 1. The van der Waals surface area contributed by atoms with Crippen LogP contribution in [0.4, 0.5) is 4.39 Å². The second kappa shape index (κ2) is 12.9. The van der Waals surface area contributed by atoms with Crippen LogP contribution in [-0.4, -0.2) is 49.6 Å². The molecule has 3 heterocycles. The molecular formula is C33H30FN5O6S. The van der Waals surface area contributed by atoms with Crippen LogP contribution >= 0.6 is 0 Å². The normalized spacial score (nSPS) is 11.3. The Morgan fingerprint density at radius 2 is 1.74 bits per heavy atom. The molecule has 13 heteroatoms. The fourth-order valence-electron chi connectivity index (χ4n) is 5.14. The van der Waals surface area contributed by atoms with Crippen molar-refractivity contribution in [1.29, 1.82) is 0 Å². The highest BCUT2D eigenvalue weighted by molar-refractivity contribution is 7.85. The van der Waals surface area contributed by atoms with Gasteiger partial charge in [-0.3, -0.25) is 28.5 Å². The zero-order valence-corrected chi connectivity index (χ0v) is 26.2. The first kappa shape index (κ1) is 32.0. The number of rotatable bonds is 7. The number of fused-ring (bicyclic) bond motifs is 1. The number of ether oxygens (including phenoxy) is 1. The summed E-state index contributed by atoms with van der Waals surface area (Å²) in [5, 5.41) is 12.0. The van der Waals surface area contributed by atoms with Crippen LogP contribution in [-0.2, 0) is 23.6 Å². The number of H-pyrrole nitrogens is 1. The van der Waals surface area contributed by atoms with Crippen LogP contribution < -0.4 is 10.3 Å². The molecule has 0 aliphatic rings. The smallest absolute Gasteiger partial charge is 0.266 e. The maximum Gasteiger partial charge on any atom is 0.266 e. The third-order valence-electron chi connectivity index (χ3n) is 7.12. The predicted molar refractivity (Wildman–Crippen MR) is 172 cm³/mol. The summed E-state index contributed by atoms with van der Waals surface area (Å²) in [6.07, 6.45) is 5.69. The van der Waals surface area contributed by atoms with E-state index in [1.54, 1.807) is 42.3 Å². The third kappa shape index (κ3) is 7.11. The molecule has 0 saturated heterocycles. The first-order chi connectivity index (χ1) is 21.8. The van der Waals surface area contributed by atoms with Gasteiger partial charge in [0.05, 0.1) is 29.7 Å². The van der Waals surface area contributed by atoms with Crippen LogP contribution in [0, 0.1) is 19.7 Å². The lowest BCUT2D eigenvalue weighted by molar-refractivity contribution is 0.0990. The van der Waals surface area contributed by atoms with Gasteiger partial charge in [0, 0.05) is 47.6 Å². The van der Waals surface area contributed by atoms with E-state index in [-0.39, 0.29) is 23.5 Å². The topological polar surface area (TPSA) is 149 Å². The van der Waals surface area contributed by atoms with Crippen molar-refractivity contribution in [1.82, 2.24) is 24.5 Å². The van der Waals surface area contributed by atoms with Crippen LogP contribution in [0.1, 0.15) is 27.2 Å². The van der Waals surface area contributed by atoms with Crippen LogP contribution in [0.2, 0.25) is 0 Å². The molecule has 0 unspecified atom stereocenters. The van der Waals surface area contributed by atoms with Crippen LogP contribution in [0.15, 0.2) is 90.1 Å². The van der Waals surface area contributed by atoms with E-state index in [0.29, 0.717) is 28.8 Å². The van der Waals surface area contributed by atoms with Crippen molar-refractivity contribution >= 4 is 26.8 Å². The molecule has 11 nitrogen and oxygen atoms in total. The lowest BCUT2D eigenvalue weighted by atomic mass is 9.99. The van der Waals surface area contributed by atoms with Crippen LogP contribution in [0.3, 0.4) is 0 Å². The average molecular weight is 644 g/mol. The number of hydrogen-bond acceptors (Lipinski definition) is 7. The van der Waals surface area contributed by atoms with Gasteiger partial charge in [-0.25, -0.2) is 4.39 Å². The number of nitrogens with zero attached hydrogens (tertiary/aromatic N) is 4. The quantitative estimate of drug-likeness (QED) is 0.169. The first-order valence-electron chi connectivity index (χ1n) is 14.0. The fourth-order valence-corrected chi connectivity index (χ4v) is 5.14. The average Bonchev–Trinajstić information content (AvgIpc) is 3.64. The maximum absolute atomic E-state index is 15.3. The summed E-state index contributed by atoms with van der Waals surface area (Å²) in [6, 6.07) is 19.1. The van der Waals surface area contributed by atoms with Crippen molar-refractivity contribution in [3.63, 3.8) is 0 Å². The predicted octanol–water partition coefficient (Wildman–Crippen LogP) is 5.59. The Morgan fingerprint density at radius 3 is 2.39 bits per heavy atom. The van der Waals surface area contributed by atoms with E-state index < -0.39 is 21.5 Å². The lowest BCUT2D eigenvalue weighted by Gasteiger charge is -2.15. The first-order valence-corrected chi connectivity index (χ1v) is 15.8. The van der Waals surface area contributed by atoms with Crippen molar-refractivity contribution in [3.8, 4) is 28.3 Å². The van der Waals surface area contributed by atoms with E-state index in [1.807, 2.05) is 56.4 Å². The molecule has 0 aliphatic heterocycles. The van der Waals surface area contributed by atoms with E-state index in [9.17, 15) is 18.0 Å². The van der Waals surface area contributed by atoms with Gasteiger partial charge in [0.1, 0.15) is 5.75 Å². The van der Waals surface area contributed by atoms with Crippen LogP contribution in [0.5, 0.6) is 11.5 Å². The minimum Gasteiger partial charge on any atom is -0.454 e. The van der Waals surface area contributed by atoms with Gasteiger partial charge < -0.3 is 4.74 Å². The maximum atomic E-state index is 15.3. The Morgan fingerprint density at radius 1 is 1.02 bits per heavy atom. The molecule has 0 spiro atoms. The second-order valence-electron chi connectivity index (χ2n) is 10.7. The summed E-state index contributed by atoms with van der Waals surface area (Å²) in [6.45, 7) is 3.57. The molecule has 0 atom stereocenters. The molecule has 3 aromatic carbocycles. The van der Waals surface area contributed by atoms with Gasteiger partial charge in [-0.1, -0.05) is 24.3 Å². The number of aromatic amines is 1. The van der Waals surface area contributed by atoms with Crippen molar-refractivity contribution in [2.24, 2.45) is 7.05 Å². The minimum atomic E-state index is -3.67. The molecule has 6 rings (SSSR count). The number of carbonyl (C=O) groups excluding carboxylic acids is 1. The molecule has 46 heavy (non-hydrogen) atoms. The Labute approximate surface area is 263 Å². The zero-order chi connectivity index (χ0) is 33.2. The van der Waals surface area contributed by atoms with E-state index in [1.165, 1.54) is 16.7 Å². The number of benzene rings is 3. The molecule has 0 fully saturated rings. The summed E-state index contributed by atoms with van der Waals surface area (Å²) in [5.41, 5.74) is 4.51. The van der Waals surface area contributed by atoms with Crippen molar-refractivity contribution in [2.45, 2.75) is 20.3 Å². The zero-order valence-electron chi connectivity index (χ0n) is 25.4. The van der Waals surface area contributed by atoms with Crippen molar-refractivity contribution in [2.75, 3.05) is 6.26 Å². The standard InChI is InChI=1S/C32H26FN5O3.CH4O3S/c1-19-11-20(2)38(24-7-5-4-6-8-24)32(40)31(19)28(39)13-21-9-10-29(26(33)12-21)41-30-14-22-18-36-37(3)27(22)15-25(30)23-16-34-35-17-23;1-5(2,3)4/h4-12,14-18H,13H2,1-3H3,(H,34,35);1H3,(H,2,3,4). The number of hydrogen-bond donors (Lipinski definition) is 2. The van der Waals surface area contributed by atoms with Gasteiger partial charge in [0.2, 0.25) is 0 Å². The Kier molecular flexibility index (Phi) is 8.98. The summed E-state index contributed by atoms with van der Waals surface area (Å²) < 4.78 is 50.5. The van der Waals surface area contributed by atoms with Crippen LogP contribution in [0.25, 0.3) is 27.7 Å². The summed E-state index contributed by atoms with van der Waals surface area (Å²) in [4.78, 5) is 26.8. The number of pyridine rings is 1. The highest BCUT2D eigenvalue weighted by Crippen LogP contribution is 2.37. The summed E-state index contributed by atoms with van der Waals surface area (Å²) in [5.74, 6) is -0.560.